The van der Waals surface area contributed by atoms with Crippen molar-refractivity contribution in [2.24, 2.45) is 0 Å². The number of nitrogens with zero attached hydrogens (tertiary/aromatic N) is 2. The number of nitrogens with one attached hydrogen (secondary N) is 1. The highest BCUT2D eigenvalue weighted by Gasteiger charge is 2.59. The van der Waals surface area contributed by atoms with E-state index in [0.29, 0.717) is 0 Å². The topological polar surface area (TPSA) is 68.7 Å². The molecule has 116 valence electrons. The molecule has 2 fully saturated rings. The van der Waals surface area contributed by atoms with Crippen LogP contribution in [0.4, 0.5) is 23.7 Å². The number of urea groups is 1. The zero-order valence-electron chi connectivity index (χ0n) is 11.7. The lowest BCUT2D eigenvalue weighted by atomic mass is 9.97. The minimum absolute atomic E-state index is 0.0480. The number of rotatable bonds is 1. The Labute approximate surface area is 124 Å². The van der Waals surface area contributed by atoms with E-state index in [1.165, 1.54) is 12.1 Å². The van der Waals surface area contributed by atoms with Crippen molar-refractivity contribution >= 4 is 11.7 Å². The molecule has 2 saturated heterocycles. The van der Waals surface area contributed by atoms with Crippen molar-refractivity contribution < 1.29 is 22.7 Å². The van der Waals surface area contributed by atoms with Gasteiger partial charge in [-0.1, -0.05) is 0 Å². The molecule has 5 nitrogen and oxygen atoms in total. The second-order valence-electron chi connectivity index (χ2n) is 5.81. The second-order valence-corrected chi connectivity index (χ2v) is 5.81. The van der Waals surface area contributed by atoms with Gasteiger partial charge in [-0.15, -0.1) is 0 Å². The summed E-state index contributed by atoms with van der Waals surface area (Å²) >= 11 is 0. The molecule has 2 atom stereocenters. The highest BCUT2D eigenvalue weighted by Crippen LogP contribution is 2.42. The number of amides is 2. The first-order valence-corrected chi connectivity index (χ1v) is 6.53. The van der Waals surface area contributed by atoms with Crippen molar-refractivity contribution in [3.8, 4) is 6.07 Å². The maximum Gasteiger partial charge on any atom is 0.417 e. The number of epoxide rings is 1. The number of carbonyl (C=O) groups excluding carboxylic acids is 1. The zero-order chi connectivity index (χ0) is 16.3. The molecule has 2 unspecified atom stereocenters. The van der Waals surface area contributed by atoms with Gasteiger partial charge in [-0.3, -0.25) is 4.90 Å². The van der Waals surface area contributed by atoms with Crippen LogP contribution in [0.3, 0.4) is 0 Å². The van der Waals surface area contributed by atoms with E-state index >= 15 is 0 Å². The highest BCUT2D eigenvalue weighted by atomic mass is 19.4. The van der Waals surface area contributed by atoms with Crippen LogP contribution in [0.25, 0.3) is 0 Å². The number of fused-ring (bicyclic) bond motifs is 1. The van der Waals surface area contributed by atoms with Crippen LogP contribution in [0.2, 0.25) is 0 Å². The van der Waals surface area contributed by atoms with Gasteiger partial charge in [0.15, 0.2) is 6.23 Å². The van der Waals surface area contributed by atoms with Crippen LogP contribution in [0, 0.1) is 11.3 Å². The zero-order valence-corrected chi connectivity index (χ0v) is 11.7. The van der Waals surface area contributed by atoms with Crippen LogP contribution in [-0.4, -0.2) is 23.9 Å². The maximum atomic E-state index is 13.0. The molecule has 2 aliphatic heterocycles. The number of hydrogen-bond donors (Lipinski definition) is 1. The average molecular weight is 311 g/mol. The lowest BCUT2D eigenvalue weighted by molar-refractivity contribution is -0.137. The minimum atomic E-state index is -4.67. The first-order chi connectivity index (χ1) is 10.1. The van der Waals surface area contributed by atoms with E-state index in [0.717, 1.165) is 17.0 Å². The molecular formula is C14H12F3N3O2. The van der Waals surface area contributed by atoms with Gasteiger partial charge in [-0.2, -0.15) is 18.4 Å². The average Bonchev–Trinajstić information content (AvgIpc) is 3.18. The first-order valence-electron chi connectivity index (χ1n) is 6.53. The van der Waals surface area contributed by atoms with Crippen LogP contribution in [0.15, 0.2) is 18.2 Å². The molecule has 2 aliphatic rings. The van der Waals surface area contributed by atoms with Gasteiger partial charge < -0.3 is 10.1 Å². The number of carbonyl (C=O) groups is 1. The van der Waals surface area contributed by atoms with Gasteiger partial charge in [-0.05, 0) is 32.0 Å². The number of hydrogen-bond acceptors (Lipinski definition) is 3. The summed E-state index contributed by atoms with van der Waals surface area (Å²) in [6.45, 7) is 3.57. The lowest BCUT2D eigenvalue weighted by Crippen LogP contribution is -2.60. The Morgan fingerprint density at radius 1 is 1.41 bits per heavy atom. The number of nitriles is 1. The number of halogens is 3. The van der Waals surface area contributed by atoms with Crippen LogP contribution in [0.5, 0.6) is 0 Å². The first kappa shape index (κ1) is 14.7. The fraction of sp³-hybridized carbons (Fsp3) is 0.429. The summed E-state index contributed by atoms with van der Waals surface area (Å²) in [6.07, 6.45) is -5.54. The Morgan fingerprint density at radius 3 is 2.68 bits per heavy atom. The third-order valence-electron chi connectivity index (χ3n) is 3.79. The van der Waals surface area contributed by atoms with Crippen molar-refractivity contribution in [1.82, 2.24) is 5.32 Å². The quantitative estimate of drug-likeness (QED) is 0.811. The van der Waals surface area contributed by atoms with E-state index in [2.05, 4.69) is 5.32 Å². The molecule has 22 heavy (non-hydrogen) atoms. The van der Waals surface area contributed by atoms with E-state index < -0.39 is 35.1 Å². The third-order valence-corrected chi connectivity index (χ3v) is 3.79. The largest absolute Gasteiger partial charge is 0.417 e. The van der Waals surface area contributed by atoms with Crippen molar-refractivity contribution in [3.05, 3.63) is 29.3 Å². The summed E-state index contributed by atoms with van der Waals surface area (Å²) in [5.74, 6) is 0. The summed E-state index contributed by atoms with van der Waals surface area (Å²) in [4.78, 5) is 13.3. The van der Waals surface area contributed by atoms with Crippen LogP contribution in [0.1, 0.15) is 25.0 Å². The standard InChI is InChI=1S/C14H12F3N3O2/c1-13(2)10-11(22-10)20(12(21)19-13)8-4-3-7(6-18)9(5-8)14(15,16)17/h3-5,10-11H,1-2H3,(H,19,21). The Balaban J connectivity index is 2.01. The summed E-state index contributed by atoms with van der Waals surface area (Å²) in [5.41, 5.74) is -2.08. The summed E-state index contributed by atoms with van der Waals surface area (Å²) in [6, 6.07) is 4.15. The summed E-state index contributed by atoms with van der Waals surface area (Å²) < 4.78 is 44.4. The van der Waals surface area contributed by atoms with Gasteiger partial charge in [0.2, 0.25) is 0 Å². The molecule has 1 aromatic carbocycles. The molecule has 3 rings (SSSR count). The van der Waals surface area contributed by atoms with Gasteiger partial charge in [0.25, 0.3) is 0 Å². The van der Waals surface area contributed by atoms with Crippen LogP contribution < -0.4 is 10.2 Å². The van der Waals surface area contributed by atoms with Crippen LogP contribution >= 0.6 is 0 Å². The molecule has 8 heteroatoms. The molecule has 0 radical (unpaired) electrons. The Morgan fingerprint density at radius 2 is 2.09 bits per heavy atom. The molecule has 2 amide bonds. The molecule has 0 saturated carbocycles. The molecule has 0 spiro atoms. The van der Waals surface area contributed by atoms with Crippen molar-refractivity contribution in [2.75, 3.05) is 4.90 Å². The Kier molecular flexibility index (Phi) is 2.91. The summed E-state index contributed by atoms with van der Waals surface area (Å²) in [5, 5.41) is 11.5. The monoisotopic (exact) mass is 311 g/mol. The molecular weight excluding hydrogens is 299 g/mol. The van der Waals surface area contributed by atoms with Crippen molar-refractivity contribution in [3.63, 3.8) is 0 Å². The fourth-order valence-corrected chi connectivity index (χ4v) is 2.63. The normalized spacial score (nSPS) is 26.0. The SMILES string of the molecule is CC1(C)NC(=O)N(c2ccc(C#N)c(C(F)(F)F)c2)C2OC21. The van der Waals surface area contributed by atoms with Gasteiger partial charge in [0, 0.05) is 5.69 Å². The Bertz CT molecular complexity index is 694. The van der Waals surface area contributed by atoms with E-state index in [1.807, 2.05) is 0 Å². The lowest BCUT2D eigenvalue weighted by Gasteiger charge is -2.34. The van der Waals surface area contributed by atoms with Gasteiger partial charge in [0.05, 0.1) is 22.7 Å². The third kappa shape index (κ3) is 2.18. The number of benzene rings is 1. The Hall–Kier alpha value is -2.27. The number of alkyl halides is 3. The fourth-order valence-electron chi connectivity index (χ4n) is 2.63. The van der Waals surface area contributed by atoms with Gasteiger partial charge in [-0.25, -0.2) is 4.79 Å². The molecule has 1 N–H and O–H groups in total. The predicted molar refractivity (Wildman–Crippen MR) is 69.9 cm³/mol. The molecule has 1 aromatic rings. The van der Waals surface area contributed by atoms with E-state index in [9.17, 15) is 18.0 Å². The van der Waals surface area contributed by atoms with Crippen LogP contribution in [-0.2, 0) is 10.9 Å². The molecule has 0 aliphatic carbocycles. The smallest absolute Gasteiger partial charge is 0.345 e. The van der Waals surface area contributed by atoms with E-state index in [1.54, 1.807) is 13.8 Å². The van der Waals surface area contributed by atoms with Crippen molar-refractivity contribution in [2.45, 2.75) is 37.9 Å². The molecule has 0 bridgehead atoms. The predicted octanol–water partition coefficient (Wildman–Crippen LogP) is 2.61. The molecule has 0 aromatic heterocycles. The summed E-state index contributed by atoms with van der Waals surface area (Å²) in [7, 11) is 0. The van der Waals surface area contributed by atoms with E-state index in [-0.39, 0.29) is 11.8 Å². The second kappa shape index (κ2) is 4.36. The number of anilines is 1. The van der Waals surface area contributed by atoms with Crippen molar-refractivity contribution in [1.29, 1.82) is 5.26 Å². The molecule has 2 heterocycles. The van der Waals surface area contributed by atoms with E-state index in [4.69, 9.17) is 10.00 Å². The highest BCUT2D eigenvalue weighted by molar-refractivity contribution is 5.95. The maximum absolute atomic E-state index is 13.0. The van der Waals surface area contributed by atoms with Gasteiger partial charge >= 0.3 is 12.2 Å². The van der Waals surface area contributed by atoms with Gasteiger partial charge in [0.1, 0.15) is 6.10 Å². The minimum Gasteiger partial charge on any atom is -0.345 e. The number of ether oxygens (including phenoxy) is 1.